The van der Waals surface area contributed by atoms with Gasteiger partial charge < -0.3 is 29.4 Å². The summed E-state index contributed by atoms with van der Waals surface area (Å²) in [5.74, 6) is 38.0. The first-order valence-corrected chi connectivity index (χ1v) is 17.4. The number of hydrogen-bond acceptors (Lipinski definition) is 8. The minimum Gasteiger partial charge on any atom is -0.499 e. The van der Waals surface area contributed by atoms with Gasteiger partial charge in [-0.15, -0.1) is 0 Å². The van der Waals surface area contributed by atoms with Crippen molar-refractivity contribution in [1.29, 1.82) is 0 Å². The molecule has 0 aromatic rings. The van der Waals surface area contributed by atoms with E-state index in [4.69, 9.17) is 34.0 Å². The lowest BCUT2D eigenvalue weighted by Gasteiger charge is -2.17. The highest BCUT2D eigenvalue weighted by atomic mass is 31.2. The zero-order valence-corrected chi connectivity index (χ0v) is 29.3. The summed E-state index contributed by atoms with van der Waals surface area (Å²) in [6.07, 6.45) is 22.2. The number of rotatable bonds is 26. The fraction of sp³-hybridized carbons (Fsp3) is 0.538. The first-order chi connectivity index (χ1) is 23.7. The molecule has 0 saturated heterocycles. The van der Waals surface area contributed by atoms with E-state index in [1.165, 1.54) is 70.6 Å². The molecule has 3 N–H and O–H groups in total. The molecule has 0 aromatic carbocycles. The molecule has 0 radical (unpaired) electrons. The van der Waals surface area contributed by atoms with Crippen molar-refractivity contribution < 1.29 is 53.2 Å². The molecule has 2 unspecified atom stereocenters. The summed E-state index contributed by atoms with van der Waals surface area (Å²) >= 11 is 0. The van der Waals surface area contributed by atoms with Gasteiger partial charge in [0.15, 0.2) is 6.79 Å². The Morgan fingerprint density at radius 2 is 1.23 bits per heavy atom. The summed E-state index contributed by atoms with van der Waals surface area (Å²) in [6.45, 7) is 4.27. The highest BCUT2D eigenvalue weighted by Gasteiger charge is 2.16. The Morgan fingerprint density at radius 1 is 0.708 bits per heavy atom. The smallest absolute Gasteiger partial charge is 0.360 e. The van der Waals surface area contributed by atoms with E-state index in [2.05, 4.69) is 102 Å². The molecule has 0 heterocycles. The Bertz CT molecular complexity index is 1410. The lowest BCUT2D eigenvalue weighted by atomic mass is 10.0. The number of ether oxygens (including phenoxy) is 3. The maximum Gasteiger partial charge on any atom is 0.360 e. The predicted molar refractivity (Wildman–Crippen MR) is 220 cm³/mol. The van der Waals surface area contributed by atoms with Crippen molar-refractivity contribution in [3.63, 3.8) is 0 Å². The van der Waals surface area contributed by atoms with Crippen LogP contribution in [0.25, 0.3) is 0 Å². The van der Waals surface area contributed by atoms with Gasteiger partial charge >= 0.3 is 8.60 Å². The molecule has 0 aliphatic carbocycles. The standard InChI is InChI=1S/C39H48NO7P.14H2/c1-3-5-7-9-11-13-15-17-19-21-23-25-27-29-31-34-43-38-44-39(37-46-48(41)47-45-35-32-40)36-42-33-30-28-26-24-22-20-18-16-14-12-10-8-6-4-2;;;;;;;;;;;;;;/h30,33,39,41H,4,6,8,10,12,14,16,18,20,22,24,26,28,32,35-38,40H2,1-2H3;14*1H. The SMILES string of the molecule is CC#CC#CC#CC#CC#CC#CC#CC#COCOC(COC=CCCCCCCCCCCCCCC)COP(O)OOCCN.[HH].[HH].[HH].[HH].[HH].[HH].[HH].[HH].[HH].[HH].[HH].[HH].[HH].[HH]. The van der Waals surface area contributed by atoms with Gasteiger partial charge in [0.05, 0.1) is 19.5 Å². The molecule has 0 amide bonds. The van der Waals surface area contributed by atoms with Gasteiger partial charge in [-0.3, -0.25) is 0 Å². The second-order valence-corrected chi connectivity index (χ2v) is 10.6. The molecule has 0 fully saturated rings. The highest BCUT2D eigenvalue weighted by molar-refractivity contribution is 7.40. The van der Waals surface area contributed by atoms with E-state index in [1.54, 1.807) is 13.2 Å². The fourth-order valence-corrected chi connectivity index (χ4v) is 4.01. The van der Waals surface area contributed by atoms with E-state index >= 15 is 0 Å². The van der Waals surface area contributed by atoms with Crippen molar-refractivity contribution >= 4 is 8.60 Å². The Kier molecular flexibility index (Phi) is 35.9. The molecule has 0 bridgehead atoms. The molecule has 284 valence electrons. The Labute approximate surface area is 311 Å². The van der Waals surface area contributed by atoms with Gasteiger partial charge in [0.1, 0.15) is 18.8 Å². The third-order valence-electron chi connectivity index (χ3n) is 5.81. The van der Waals surface area contributed by atoms with E-state index in [0.717, 1.165) is 12.8 Å². The van der Waals surface area contributed by atoms with Gasteiger partial charge in [-0.25, -0.2) is 4.89 Å². The lowest BCUT2D eigenvalue weighted by Crippen LogP contribution is -2.25. The predicted octanol–water partition coefficient (Wildman–Crippen LogP) is 9.56. The topological polar surface area (TPSA) is 102 Å². The zero-order valence-electron chi connectivity index (χ0n) is 28.4. The van der Waals surface area contributed by atoms with Gasteiger partial charge in [-0.2, -0.15) is 4.67 Å². The molecule has 0 aliphatic heterocycles. The zero-order chi connectivity index (χ0) is 34.9. The summed E-state index contributed by atoms with van der Waals surface area (Å²) in [6, 6.07) is 0. The maximum atomic E-state index is 9.80. The Morgan fingerprint density at radius 3 is 1.77 bits per heavy atom. The third kappa shape index (κ3) is 36.5. The van der Waals surface area contributed by atoms with Crippen LogP contribution >= 0.6 is 8.60 Å². The van der Waals surface area contributed by atoms with E-state index in [-0.39, 0.29) is 53.1 Å². The van der Waals surface area contributed by atoms with Crippen molar-refractivity contribution in [2.24, 2.45) is 5.73 Å². The molecule has 0 spiro atoms. The Hall–Kier alpha value is -3.99. The summed E-state index contributed by atoms with van der Waals surface area (Å²) in [7, 11) is -2.27. The van der Waals surface area contributed by atoms with Crippen LogP contribution in [0.15, 0.2) is 12.3 Å². The van der Waals surface area contributed by atoms with Gasteiger partial charge in [-0.05, 0) is 67.3 Å². The van der Waals surface area contributed by atoms with Gasteiger partial charge in [0.2, 0.25) is 0 Å². The summed E-state index contributed by atoms with van der Waals surface area (Å²) in [4.78, 5) is 14.5. The van der Waals surface area contributed by atoms with Crippen LogP contribution in [0.5, 0.6) is 0 Å². The number of unbranched alkanes of at least 4 members (excludes halogenated alkanes) is 12. The second kappa shape index (κ2) is 39.2. The summed E-state index contributed by atoms with van der Waals surface area (Å²) in [5, 5.41) is 0. The van der Waals surface area contributed by atoms with Crippen LogP contribution < -0.4 is 5.73 Å². The van der Waals surface area contributed by atoms with E-state index in [0.29, 0.717) is 0 Å². The van der Waals surface area contributed by atoms with Gasteiger partial charge in [-0.1, -0.05) is 83.5 Å². The molecule has 0 aromatic heterocycles. The largest absolute Gasteiger partial charge is 0.499 e. The van der Waals surface area contributed by atoms with Crippen LogP contribution in [0.4, 0.5) is 0 Å². The minimum absolute atomic E-state index is 0. The van der Waals surface area contributed by atoms with Crippen LogP contribution in [0.1, 0.15) is 117 Å². The number of hydrogen-bond donors (Lipinski definition) is 2. The van der Waals surface area contributed by atoms with Crippen molar-refractivity contribution in [3.8, 4) is 94.9 Å². The van der Waals surface area contributed by atoms with Crippen molar-refractivity contribution in [2.45, 2.75) is 103 Å². The van der Waals surface area contributed by atoms with Crippen molar-refractivity contribution in [1.82, 2.24) is 0 Å². The molecular formula is C39H76NO7P. The number of allylic oxidation sites excluding steroid dienone is 1. The summed E-state index contributed by atoms with van der Waals surface area (Å²) in [5.41, 5.74) is 5.32. The Balaban J connectivity index is -0.000000121. The van der Waals surface area contributed by atoms with Gasteiger partial charge in [0, 0.05) is 68.0 Å². The number of nitrogens with two attached hydrogens (primary N) is 1. The first-order valence-electron chi connectivity index (χ1n) is 16.3. The van der Waals surface area contributed by atoms with Crippen LogP contribution in [0.2, 0.25) is 0 Å². The molecule has 0 saturated carbocycles. The van der Waals surface area contributed by atoms with Crippen LogP contribution in [-0.2, 0) is 28.3 Å². The molecule has 8 nitrogen and oxygen atoms in total. The third-order valence-corrected chi connectivity index (χ3v) is 6.41. The second-order valence-electron chi connectivity index (χ2n) is 9.75. The molecule has 9 heteroatoms. The molecule has 0 rings (SSSR count). The highest BCUT2D eigenvalue weighted by Crippen LogP contribution is 2.33. The molecule has 0 aliphatic rings. The van der Waals surface area contributed by atoms with E-state index < -0.39 is 14.7 Å². The van der Waals surface area contributed by atoms with Gasteiger partial charge in [0.25, 0.3) is 0 Å². The molecule has 48 heavy (non-hydrogen) atoms. The normalized spacial score (nSPS) is 10.3. The van der Waals surface area contributed by atoms with Crippen molar-refractivity contribution in [2.75, 3.05) is 33.2 Å². The fourth-order valence-electron chi connectivity index (χ4n) is 3.50. The molecule has 2 atom stereocenters. The average molecular weight is 702 g/mol. The van der Waals surface area contributed by atoms with E-state index in [9.17, 15) is 4.89 Å². The minimum atomic E-state index is -2.27. The van der Waals surface area contributed by atoms with Crippen LogP contribution in [0, 0.1) is 94.9 Å². The van der Waals surface area contributed by atoms with Crippen LogP contribution in [0.3, 0.4) is 0 Å². The average Bonchev–Trinajstić information content (AvgIpc) is 3.09. The lowest BCUT2D eigenvalue weighted by molar-refractivity contribution is -0.213. The monoisotopic (exact) mass is 702 g/mol. The first kappa shape index (κ1) is 44.0. The van der Waals surface area contributed by atoms with Crippen LogP contribution in [-0.4, -0.2) is 44.2 Å². The quantitative estimate of drug-likeness (QED) is 0.0175. The van der Waals surface area contributed by atoms with E-state index in [1.807, 2.05) is 6.08 Å². The van der Waals surface area contributed by atoms with Crippen molar-refractivity contribution in [3.05, 3.63) is 12.3 Å². The summed E-state index contributed by atoms with van der Waals surface area (Å²) < 4.78 is 26.3. The maximum absolute atomic E-state index is 9.80. The molecular weight excluding hydrogens is 625 g/mol.